The number of hydrogen-bond acceptors (Lipinski definition) is 6. The molecule has 180 valence electrons. The van der Waals surface area contributed by atoms with Crippen LogP contribution in [0, 0.1) is 0 Å². The van der Waals surface area contributed by atoms with Gasteiger partial charge in [-0.15, -0.1) is 0 Å². The number of likely N-dealkylation sites (tertiary alicyclic amines) is 1. The number of nitrogens with one attached hydrogen (secondary N) is 2. The number of carbonyl (C=O) groups excluding carboxylic acids is 2. The van der Waals surface area contributed by atoms with Crippen LogP contribution >= 0.6 is 0 Å². The molecule has 4 rings (SSSR count). The Morgan fingerprint density at radius 3 is 2.50 bits per heavy atom. The predicted octanol–water partition coefficient (Wildman–Crippen LogP) is 3.74. The number of pyridine rings is 1. The number of rotatable bonds is 8. The highest BCUT2D eigenvalue weighted by atomic mass is 16.5. The van der Waals surface area contributed by atoms with E-state index >= 15 is 0 Å². The zero-order valence-electron chi connectivity index (χ0n) is 19.5. The Balaban J connectivity index is 1.26. The summed E-state index contributed by atoms with van der Waals surface area (Å²) >= 11 is 0. The van der Waals surface area contributed by atoms with Crippen LogP contribution in [0.2, 0.25) is 0 Å². The molecule has 0 saturated carbocycles. The molecule has 0 bridgehead atoms. The number of morpholine rings is 1. The van der Waals surface area contributed by atoms with E-state index in [4.69, 9.17) is 4.74 Å². The number of ether oxygens (including phenoxy) is 1. The summed E-state index contributed by atoms with van der Waals surface area (Å²) in [4.78, 5) is 33.7. The standard InChI is InChI=1S/C26H33N5O3/c32-24(21-7-9-23(10-8-21)29-26(33)31-17-19-34-20-18-31)12-11-22-5-4-6-25(28-22)27-13-16-30-14-2-1-3-15-30/h4-12H,1-3,13-20H2,(H,27,28)(H,29,33)/b12-11+. The number of hydrogen-bond donors (Lipinski definition) is 2. The van der Waals surface area contributed by atoms with Gasteiger partial charge in [-0.05, 0) is 74.5 Å². The molecule has 2 N–H and O–H groups in total. The molecule has 0 atom stereocenters. The van der Waals surface area contributed by atoms with Gasteiger partial charge in [-0.1, -0.05) is 12.5 Å². The van der Waals surface area contributed by atoms with Gasteiger partial charge in [0.05, 0.1) is 18.9 Å². The first-order valence-electron chi connectivity index (χ1n) is 12.1. The van der Waals surface area contributed by atoms with Crippen LogP contribution in [0.3, 0.4) is 0 Å². The van der Waals surface area contributed by atoms with Gasteiger partial charge in [0, 0.05) is 37.4 Å². The van der Waals surface area contributed by atoms with Crippen LogP contribution in [0.4, 0.5) is 16.3 Å². The lowest BCUT2D eigenvalue weighted by Crippen LogP contribution is -2.43. The SMILES string of the molecule is O=C(/C=C/c1cccc(NCCN2CCCCC2)n1)c1ccc(NC(=O)N2CCOCC2)cc1. The second-order valence-corrected chi connectivity index (χ2v) is 8.58. The van der Waals surface area contributed by atoms with Crippen molar-refractivity contribution in [2.24, 2.45) is 0 Å². The zero-order chi connectivity index (χ0) is 23.6. The Morgan fingerprint density at radius 2 is 1.74 bits per heavy atom. The van der Waals surface area contributed by atoms with Crippen molar-refractivity contribution in [3.8, 4) is 0 Å². The third-order valence-corrected chi connectivity index (χ3v) is 6.08. The lowest BCUT2D eigenvalue weighted by atomic mass is 10.1. The third-order valence-electron chi connectivity index (χ3n) is 6.08. The Kier molecular flexibility index (Phi) is 8.65. The van der Waals surface area contributed by atoms with Gasteiger partial charge in [0.25, 0.3) is 0 Å². The van der Waals surface area contributed by atoms with E-state index in [2.05, 4.69) is 20.5 Å². The maximum Gasteiger partial charge on any atom is 0.321 e. The van der Waals surface area contributed by atoms with E-state index < -0.39 is 0 Å². The Bertz CT molecular complexity index is 980. The monoisotopic (exact) mass is 463 g/mol. The fraction of sp³-hybridized carbons (Fsp3) is 0.423. The van der Waals surface area contributed by atoms with Crippen molar-refractivity contribution in [2.45, 2.75) is 19.3 Å². The molecule has 1 aromatic carbocycles. The van der Waals surface area contributed by atoms with Crippen molar-refractivity contribution < 1.29 is 14.3 Å². The van der Waals surface area contributed by atoms with Gasteiger partial charge in [-0.25, -0.2) is 9.78 Å². The summed E-state index contributed by atoms with van der Waals surface area (Å²) in [6, 6.07) is 12.5. The molecule has 0 unspecified atom stereocenters. The molecule has 2 fully saturated rings. The number of allylic oxidation sites excluding steroid dienone is 1. The first-order valence-corrected chi connectivity index (χ1v) is 12.1. The molecular weight excluding hydrogens is 430 g/mol. The van der Waals surface area contributed by atoms with Crippen molar-refractivity contribution in [2.75, 3.05) is 63.1 Å². The lowest BCUT2D eigenvalue weighted by Gasteiger charge is -2.26. The molecule has 1 aromatic heterocycles. The molecule has 0 aliphatic carbocycles. The van der Waals surface area contributed by atoms with Crippen molar-refractivity contribution in [3.05, 3.63) is 59.8 Å². The summed E-state index contributed by atoms with van der Waals surface area (Å²) < 4.78 is 5.27. The average Bonchev–Trinajstić information content (AvgIpc) is 2.89. The fourth-order valence-electron chi connectivity index (χ4n) is 4.11. The number of ketones is 1. The second-order valence-electron chi connectivity index (χ2n) is 8.58. The topological polar surface area (TPSA) is 86.8 Å². The van der Waals surface area contributed by atoms with Crippen LogP contribution in [0.5, 0.6) is 0 Å². The highest BCUT2D eigenvalue weighted by Crippen LogP contribution is 2.13. The van der Waals surface area contributed by atoms with Crippen LogP contribution in [0.1, 0.15) is 35.3 Å². The maximum absolute atomic E-state index is 12.6. The van der Waals surface area contributed by atoms with E-state index in [1.165, 1.54) is 38.4 Å². The van der Waals surface area contributed by atoms with E-state index in [1.807, 2.05) is 18.2 Å². The molecule has 34 heavy (non-hydrogen) atoms. The molecule has 3 heterocycles. The number of piperidine rings is 1. The Morgan fingerprint density at radius 1 is 0.971 bits per heavy atom. The summed E-state index contributed by atoms with van der Waals surface area (Å²) in [6.07, 6.45) is 7.18. The number of carbonyl (C=O) groups is 2. The van der Waals surface area contributed by atoms with Crippen LogP contribution in [-0.2, 0) is 4.74 Å². The molecule has 2 aliphatic heterocycles. The van der Waals surface area contributed by atoms with E-state index in [-0.39, 0.29) is 11.8 Å². The number of nitrogens with zero attached hydrogens (tertiary/aromatic N) is 3. The van der Waals surface area contributed by atoms with Crippen LogP contribution in [0.25, 0.3) is 6.08 Å². The molecular formula is C26H33N5O3. The molecule has 8 nitrogen and oxygen atoms in total. The van der Waals surface area contributed by atoms with Gasteiger partial charge in [0.1, 0.15) is 5.82 Å². The zero-order valence-corrected chi connectivity index (χ0v) is 19.5. The van der Waals surface area contributed by atoms with Crippen LogP contribution in [0.15, 0.2) is 48.5 Å². The summed E-state index contributed by atoms with van der Waals surface area (Å²) in [6.45, 7) is 6.51. The Hall–Kier alpha value is -3.23. The number of benzene rings is 1. The van der Waals surface area contributed by atoms with Crippen molar-refractivity contribution in [1.29, 1.82) is 0 Å². The summed E-state index contributed by atoms with van der Waals surface area (Å²) in [7, 11) is 0. The highest BCUT2D eigenvalue weighted by Gasteiger charge is 2.16. The summed E-state index contributed by atoms with van der Waals surface area (Å²) in [5.74, 6) is 0.697. The number of amides is 2. The number of anilines is 2. The van der Waals surface area contributed by atoms with Crippen LogP contribution < -0.4 is 10.6 Å². The first kappa shape index (κ1) is 23.9. The second kappa shape index (κ2) is 12.3. The number of aromatic nitrogens is 1. The van der Waals surface area contributed by atoms with Crippen molar-refractivity contribution in [3.63, 3.8) is 0 Å². The van der Waals surface area contributed by atoms with Crippen molar-refractivity contribution >= 4 is 29.4 Å². The smallest absolute Gasteiger partial charge is 0.321 e. The molecule has 2 saturated heterocycles. The summed E-state index contributed by atoms with van der Waals surface area (Å²) in [5.41, 5.74) is 1.93. The third kappa shape index (κ3) is 7.13. The van der Waals surface area contributed by atoms with E-state index in [0.717, 1.165) is 24.6 Å². The molecule has 0 radical (unpaired) electrons. The Labute approximate surface area is 201 Å². The van der Waals surface area contributed by atoms with Gasteiger partial charge in [-0.2, -0.15) is 0 Å². The van der Waals surface area contributed by atoms with E-state index in [0.29, 0.717) is 37.6 Å². The van der Waals surface area contributed by atoms with Crippen LogP contribution in [-0.4, -0.2) is 79.1 Å². The fourth-order valence-corrected chi connectivity index (χ4v) is 4.11. The quantitative estimate of drug-likeness (QED) is 0.458. The predicted molar refractivity (Wildman–Crippen MR) is 134 cm³/mol. The maximum atomic E-state index is 12.6. The molecule has 2 amide bonds. The van der Waals surface area contributed by atoms with E-state index in [9.17, 15) is 9.59 Å². The molecule has 2 aliphatic rings. The minimum Gasteiger partial charge on any atom is -0.378 e. The molecule has 8 heteroatoms. The van der Waals surface area contributed by atoms with Gasteiger partial charge in [0.2, 0.25) is 0 Å². The molecule has 0 spiro atoms. The van der Waals surface area contributed by atoms with Gasteiger partial charge in [-0.3, -0.25) is 4.79 Å². The highest BCUT2D eigenvalue weighted by molar-refractivity contribution is 6.07. The normalized spacial score (nSPS) is 17.0. The number of urea groups is 1. The summed E-state index contributed by atoms with van der Waals surface area (Å²) in [5, 5.41) is 6.24. The van der Waals surface area contributed by atoms with E-state index in [1.54, 1.807) is 35.2 Å². The van der Waals surface area contributed by atoms with Crippen molar-refractivity contribution in [1.82, 2.24) is 14.8 Å². The average molecular weight is 464 g/mol. The minimum atomic E-state index is -0.155. The lowest BCUT2D eigenvalue weighted by molar-refractivity contribution is 0.0564. The van der Waals surface area contributed by atoms with Gasteiger partial charge >= 0.3 is 6.03 Å². The first-order chi connectivity index (χ1) is 16.7. The van der Waals surface area contributed by atoms with Gasteiger partial charge in [0.15, 0.2) is 5.78 Å². The largest absolute Gasteiger partial charge is 0.378 e. The van der Waals surface area contributed by atoms with Gasteiger partial charge < -0.3 is 25.2 Å². The minimum absolute atomic E-state index is 0.115. The molecule has 2 aromatic rings.